The van der Waals surface area contributed by atoms with Crippen molar-refractivity contribution in [2.45, 2.75) is 109 Å². The number of amides is 1. The number of nitrogens with zero attached hydrogens (tertiary/aromatic N) is 1. The Labute approximate surface area is 226 Å². The molecule has 0 spiro atoms. The van der Waals surface area contributed by atoms with Crippen molar-refractivity contribution in [3.05, 3.63) is 71.8 Å². The minimum absolute atomic E-state index is 0.0980. The van der Waals surface area contributed by atoms with Gasteiger partial charge in [-0.05, 0) is 47.4 Å². The number of likely N-dealkylation sites (tertiary alicyclic amines) is 1. The average molecular weight is 542 g/mol. The van der Waals surface area contributed by atoms with E-state index in [4.69, 9.17) is 8.85 Å². The van der Waals surface area contributed by atoms with E-state index < -0.39 is 34.6 Å². The van der Waals surface area contributed by atoms with Crippen molar-refractivity contribution in [2.75, 3.05) is 0 Å². The third-order valence-electron chi connectivity index (χ3n) is 8.65. The van der Waals surface area contributed by atoms with Crippen LogP contribution in [0.2, 0.25) is 36.3 Å². The third-order valence-corrected chi connectivity index (χ3v) is 17.6. The maximum Gasteiger partial charge on any atom is 0.255 e. The van der Waals surface area contributed by atoms with Gasteiger partial charge in [0.2, 0.25) is 0 Å². The Morgan fingerprint density at radius 2 is 1.22 bits per heavy atom. The lowest BCUT2D eigenvalue weighted by atomic mass is 9.96. The van der Waals surface area contributed by atoms with Crippen LogP contribution in [0.4, 0.5) is 0 Å². The highest BCUT2D eigenvalue weighted by molar-refractivity contribution is 6.74. The molecule has 0 aliphatic carbocycles. The first-order chi connectivity index (χ1) is 16.9. The van der Waals surface area contributed by atoms with Crippen LogP contribution >= 0.6 is 0 Å². The van der Waals surface area contributed by atoms with Gasteiger partial charge in [-0.3, -0.25) is 4.79 Å². The molecule has 5 nitrogen and oxygen atoms in total. The fourth-order valence-electron chi connectivity index (χ4n) is 4.20. The standard InChI is InChI=1S/C30H47NO4Si2/c1-28(2,3)36(7,8)34-25-26(35-37(9,10)29(4,5)6)30(33,21-23-17-13-11-14-18-23)31(27(25)32)22-24-19-15-12-16-20-24/h11-20,25-26,33H,21-22H2,1-10H3/t25-,26-,30?/m1/s1. The summed E-state index contributed by atoms with van der Waals surface area (Å²) in [6.07, 6.45) is -1.41. The molecule has 2 aromatic rings. The largest absolute Gasteiger partial charge is 0.406 e. The summed E-state index contributed by atoms with van der Waals surface area (Å²) in [7, 11) is -4.77. The predicted molar refractivity (Wildman–Crippen MR) is 156 cm³/mol. The summed E-state index contributed by atoms with van der Waals surface area (Å²) < 4.78 is 13.8. The van der Waals surface area contributed by atoms with Crippen molar-refractivity contribution in [2.24, 2.45) is 0 Å². The topological polar surface area (TPSA) is 59.0 Å². The Kier molecular flexibility index (Phi) is 8.38. The fraction of sp³-hybridized carbons (Fsp3) is 0.567. The lowest BCUT2D eigenvalue weighted by Gasteiger charge is -2.45. The van der Waals surface area contributed by atoms with E-state index in [2.05, 4.69) is 67.7 Å². The summed E-state index contributed by atoms with van der Waals surface area (Å²) in [5, 5.41) is 12.4. The number of hydrogen-bond donors (Lipinski definition) is 1. The lowest BCUT2D eigenvalue weighted by Crippen LogP contribution is -2.59. The number of benzene rings is 2. The Morgan fingerprint density at radius 3 is 1.68 bits per heavy atom. The first-order valence-electron chi connectivity index (χ1n) is 13.4. The van der Waals surface area contributed by atoms with E-state index >= 15 is 0 Å². The van der Waals surface area contributed by atoms with E-state index in [0.717, 1.165) is 11.1 Å². The van der Waals surface area contributed by atoms with Crippen LogP contribution in [0.1, 0.15) is 52.7 Å². The molecule has 2 aromatic carbocycles. The Balaban J connectivity index is 2.16. The van der Waals surface area contributed by atoms with E-state index in [0.29, 0.717) is 0 Å². The van der Waals surface area contributed by atoms with Crippen molar-refractivity contribution in [1.82, 2.24) is 4.90 Å². The SMILES string of the molecule is CC(C)(C)[Si](C)(C)O[C@@H]1[C@@H](O[Si](C)(C)C(C)(C)C)C(=O)N(Cc2ccccc2)C1(O)Cc1ccccc1. The van der Waals surface area contributed by atoms with E-state index in [-0.39, 0.29) is 28.9 Å². The molecule has 0 saturated carbocycles. The van der Waals surface area contributed by atoms with E-state index in [1.54, 1.807) is 4.90 Å². The molecule has 0 aromatic heterocycles. The average Bonchev–Trinajstić information content (AvgIpc) is 2.95. The number of aliphatic hydroxyl groups is 1. The molecule has 0 radical (unpaired) electrons. The molecule has 7 heteroatoms. The normalized spacial score (nSPS) is 23.5. The molecule has 3 atom stereocenters. The van der Waals surface area contributed by atoms with Gasteiger partial charge in [-0.25, -0.2) is 0 Å². The monoisotopic (exact) mass is 541 g/mol. The molecule has 37 heavy (non-hydrogen) atoms. The van der Waals surface area contributed by atoms with E-state index in [1.165, 1.54) is 0 Å². The summed E-state index contributed by atoms with van der Waals surface area (Å²) in [4.78, 5) is 15.9. The molecule has 1 amide bonds. The zero-order chi connectivity index (χ0) is 27.9. The minimum atomic E-state index is -2.39. The second-order valence-electron chi connectivity index (χ2n) is 13.5. The van der Waals surface area contributed by atoms with Crippen LogP contribution in [0.15, 0.2) is 60.7 Å². The molecule has 1 saturated heterocycles. The highest BCUT2D eigenvalue weighted by Crippen LogP contribution is 2.46. The van der Waals surface area contributed by atoms with Crippen LogP contribution in [-0.4, -0.2) is 50.5 Å². The summed E-state index contributed by atoms with van der Waals surface area (Å²) in [6.45, 7) is 22.0. The maximum atomic E-state index is 14.3. The van der Waals surface area contributed by atoms with Gasteiger partial charge in [-0.15, -0.1) is 0 Å². The summed E-state index contributed by atoms with van der Waals surface area (Å²) >= 11 is 0. The van der Waals surface area contributed by atoms with Gasteiger partial charge in [0.25, 0.3) is 5.91 Å². The van der Waals surface area contributed by atoms with Crippen molar-refractivity contribution < 1.29 is 18.8 Å². The molecule has 204 valence electrons. The fourth-order valence-corrected chi connectivity index (χ4v) is 6.71. The van der Waals surface area contributed by atoms with E-state index in [9.17, 15) is 9.90 Å². The van der Waals surface area contributed by atoms with Gasteiger partial charge >= 0.3 is 0 Å². The second-order valence-corrected chi connectivity index (χ2v) is 23.1. The van der Waals surface area contributed by atoms with Gasteiger partial charge in [0, 0.05) is 13.0 Å². The Bertz CT molecular complexity index is 1060. The molecule has 1 heterocycles. The van der Waals surface area contributed by atoms with Crippen molar-refractivity contribution in [3.8, 4) is 0 Å². The van der Waals surface area contributed by atoms with Crippen molar-refractivity contribution in [3.63, 3.8) is 0 Å². The molecule has 1 aliphatic rings. The Morgan fingerprint density at radius 1 is 0.784 bits per heavy atom. The Hall–Kier alpha value is -1.78. The van der Waals surface area contributed by atoms with Crippen LogP contribution in [0, 0.1) is 0 Å². The molecule has 1 fully saturated rings. The van der Waals surface area contributed by atoms with Gasteiger partial charge in [-0.1, -0.05) is 102 Å². The smallest absolute Gasteiger partial charge is 0.255 e. The van der Waals surface area contributed by atoms with Crippen molar-refractivity contribution in [1.29, 1.82) is 0 Å². The molecule has 0 bridgehead atoms. The van der Waals surface area contributed by atoms with Gasteiger partial charge in [0.1, 0.15) is 6.10 Å². The van der Waals surface area contributed by atoms with Crippen LogP contribution in [-0.2, 0) is 26.6 Å². The van der Waals surface area contributed by atoms with E-state index in [1.807, 2.05) is 60.7 Å². The molecular formula is C30H47NO4Si2. The summed E-state index contributed by atoms with van der Waals surface area (Å²) in [6, 6.07) is 19.7. The predicted octanol–water partition coefficient (Wildman–Crippen LogP) is 6.74. The first kappa shape index (κ1) is 29.8. The summed E-state index contributed by atoms with van der Waals surface area (Å²) in [5.41, 5.74) is 0.352. The molecule has 3 rings (SSSR count). The summed E-state index contributed by atoms with van der Waals surface area (Å²) in [5.74, 6) is -0.198. The first-order valence-corrected chi connectivity index (χ1v) is 19.2. The number of hydrogen-bond acceptors (Lipinski definition) is 4. The highest BCUT2D eigenvalue weighted by Gasteiger charge is 2.62. The zero-order valence-corrected chi connectivity index (χ0v) is 26.5. The maximum absolute atomic E-state index is 14.3. The quantitative estimate of drug-likeness (QED) is 0.376. The third kappa shape index (κ3) is 6.28. The van der Waals surface area contributed by atoms with Gasteiger partial charge in [0.05, 0.1) is 0 Å². The van der Waals surface area contributed by atoms with Crippen molar-refractivity contribution >= 4 is 22.5 Å². The highest BCUT2D eigenvalue weighted by atomic mass is 28.4. The molecule has 1 unspecified atom stereocenters. The molecule has 1 aliphatic heterocycles. The van der Waals surface area contributed by atoms with Crippen LogP contribution in [0.3, 0.4) is 0 Å². The molecule has 1 N–H and O–H groups in total. The minimum Gasteiger partial charge on any atom is -0.406 e. The second kappa shape index (κ2) is 10.4. The van der Waals surface area contributed by atoms with Gasteiger partial charge in [-0.2, -0.15) is 0 Å². The van der Waals surface area contributed by atoms with Crippen LogP contribution < -0.4 is 0 Å². The molecular weight excluding hydrogens is 495 g/mol. The number of carbonyl (C=O) groups is 1. The number of carbonyl (C=O) groups excluding carboxylic acids is 1. The zero-order valence-electron chi connectivity index (χ0n) is 24.5. The lowest BCUT2D eigenvalue weighted by molar-refractivity contribution is -0.159. The number of rotatable bonds is 8. The van der Waals surface area contributed by atoms with Gasteiger partial charge < -0.3 is 18.9 Å². The van der Waals surface area contributed by atoms with Gasteiger partial charge in [0.15, 0.2) is 28.5 Å². The van der Waals surface area contributed by atoms with Crippen LogP contribution in [0.25, 0.3) is 0 Å². The van der Waals surface area contributed by atoms with Crippen LogP contribution in [0.5, 0.6) is 0 Å².